The summed E-state index contributed by atoms with van der Waals surface area (Å²) in [4.78, 5) is 12.8. The van der Waals surface area contributed by atoms with Gasteiger partial charge in [-0.25, -0.2) is 0 Å². The number of alkyl halides is 3. The van der Waals surface area contributed by atoms with Gasteiger partial charge in [-0.05, 0) is 24.7 Å². The number of carbonyl (C=O) groups is 1. The van der Waals surface area contributed by atoms with Crippen LogP contribution in [0.5, 0.6) is 0 Å². The van der Waals surface area contributed by atoms with Gasteiger partial charge in [0.25, 0.3) is 5.72 Å². The number of rotatable bonds is 3. The van der Waals surface area contributed by atoms with Crippen LogP contribution in [0.3, 0.4) is 0 Å². The monoisotopic (exact) mass is 362 g/mol. The maximum atomic E-state index is 13.7. The molecule has 2 N–H and O–H groups in total. The summed E-state index contributed by atoms with van der Waals surface area (Å²) in [6.45, 7) is 1.37. The molecule has 0 saturated carbocycles. The third-order valence-electron chi connectivity index (χ3n) is 3.98. The first-order valence-electron chi connectivity index (χ1n) is 7.19. The number of ether oxygens (including phenoxy) is 1. The van der Waals surface area contributed by atoms with Crippen molar-refractivity contribution in [2.45, 2.75) is 24.9 Å². The number of carbonyl (C=O) groups excluding carboxylic acids is 1. The minimum Gasteiger partial charge on any atom is -0.466 e. The second kappa shape index (κ2) is 6.56. The summed E-state index contributed by atoms with van der Waals surface area (Å²) in [5.41, 5.74) is -3.10. The minimum absolute atomic E-state index is 0.112. The van der Waals surface area contributed by atoms with Gasteiger partial charge in [0.15, 0.2) is 5.11 Å². The molecule has 0 aliphatic carbocycles. The third-order valence-corrected chi connectivity index (χ3v) is 4.37. The highest BCUT2D eigenvalue weighted by atomic mass is 32.1. The summed E-state index contributed by atoms with van der Waals surface area (Å²) in [6.07, 6.45) is -5.13. The number of hydrogen-bond donors (Lipinski definition) is 2. The van der Waals surface area contributed by atoms with E-state index < -0.39 is 29.8 Å². The molecule has 1 fully saturated rings. The van der Waals surface area contributed by atoms with E-state index in [1.165, 1.54) is 6.92 Å². The largest absolute Gasteiger partial charge is 0.466 e. The van der Waals surface area contributed by atoms with Gasteiger partial charge in [0.1, 0.15) is 5.92 Å². The Labute approximate surface area is 142 Å². The second-order valence-corrected chi connectivity index (χ2v) is 5.74. The van der Waals surface area contributed by atoms with E-state index in [-0.39, 0.29) is 11.7 Å². The van der Waals surface area contributed by atoms with E-state index in [1.807, 2.05) is 0 Å². The molecule has 1 aromatic rings. The quantitative estimate of drug-likeness (QED) is 0.633. The van der Waals surface area contributed by atoms with E-state index in [0.29, 0.717) is 10.5 Å². The van der Waals surface area contributed by atoms with Crippen molar-refractivity contribution in [3.63, 3.8) is 0 Å². The molecule has 0 bridgehead atoms. The lowest BCUT2D eigenvalue weighted by atomic mass is 9.81. The molecule has 1 aliphatic rings. The summed E-state index contributed by atoms with van der Waals surface area (Å²) < 4.78 is 45.9. The van der Waals surface area contributed by atoms with E-state index in [9.17, 15) is 23.1 Å². The molecule has 2 rings (SSSR count). The molecule has 5 nitrogen and oxygen atoms in total. The molecular formula is C15H17F3N2O3S. The number of benzene rings is 1. The normalized spacial score (nSPS) is 27.6. The Hall–Kier alpha value is -1.87. The Balaban J connectivity index is 2.61. The fourth-order valence-corrected chi connectivity index (χ4v) is 3.01. The predicted molar refractivity (Wildman–Crippen MR) is 83.8 cm³/mol. The molecule has 1 aliphatic heterocycles. The SMILES string of the molecule is CCOC(=O)[C@@H]1[C@@H](c2ccccc2)NC(=S)N(C)[C@]1(O)C(F)(F)F. The number of halogens is 3. The molecule has 132 valence electrons. The molecular weight excluding hydrogens is 345 g/mol. The Bertz CT molecular complexity index is 626. The lowest BCUT2D eigenvalue weighted by Crippen LogP contribution is -2.73. The van der Waals surface area contributed by atoms with Gasteiger partial charge in [-0.1, -0.05) is 30.3 Å². The van der Waals surface area contributed by atoms with Gasteiger partial charge >= 0.3 is 12.1 Å². The van der Waals surface area contributed by atoms with Crippen LogP contribution in [-0.2, 0) is 9.53 Å². The Kier molecular flexibility index (Phi) is 5.05. The molecule has 0 amide bonds. The summed E-state index contributed by atoms with van der Waals surface area (Å²) in [5.74, 6) is -3.11. The first kappa shape index (κ1) is 18.5. The summed E-state index contributed by atoms with van der Waals surface area (Å²) in [6, 6.07) is 6.84. The van der Waals surface area contributed by atoms with Crippen molar-refractivity contribution in [2.24, 2.45) is 5.92 Å². The van der Waals surface area contributed by atoms with Crippen LogP contribution >= 0.6 is 12.2 Å². The fraction of sp³-hybridized carbons (Fsp3) is 0.467. The highest BCUT2D eigenvalue weighted by Gasteiger charge is 2.69. The number of thiocarbonyl (C=S) groups is 1. The number of nitrogens with zero attached hydrogens (tertiary/aromatic N) is 1. The summed E-state index contributed by atoms with van der Waals surface area (Å²) in [7, 11) is 0.982. The predicted octanol–water partition coefficient (Wildman–Crippen LogP) is 1.98. The van der Waals surface area contributed by atoms with Gasteiger partial charge in [0, 0.05) is 7.05 Å². The number of esters is 1. The number of aliphatic hydroxyl groups is 1. The van der Waals surface area contributed by atoms with Gasteiger partial charge in [-0.3, -0.25) is 4.79 Å². The molecule has 0 unspecified atom stereocenters. The first-order valence-corrected chi connectivity index (χ1v) is 7.60. The average molecular weight is 362 g/mol. The third kappa shape index (κ3) is 2.93. The van der Waals surface area contributed by atoms with E-state index in [4.69, 9.17) is 17.0 Å². The summed E-state index contributed by atoms with van der Waals surface area (Å²) in [5, 5.41) is 12.9. The second-order valence-electron chi connectivity index (χ2n) is 5.35. The Morgan fingerprint density at radius 2 is 2.00 bits per heavy atom. The molecule has 1 saturated heterocycles. The van der Waals surface area contributed by atoms with Crippen molar-refractivity contribution >= 4 is 23.3 Å². The van der Waals surface area contributed by atoms with Crippen molar-refractivity contribution in [1.82, 2.24) is 10.2 Å². The van der Waals surface area contributed by atoms with E-state index in [2.05, 4.69) is 5.32 Å². The highest BCUT2D eigenvalue weighted by Crippen LogP contribution is 2.46. The Morgan fingerprint density at radius 3 is 2.50 bits per heavy atom. The minimum atomic E-state index is -5.13. The van der Waals surface area contributed by atoms with Crippen LogP contribution in [0.2, 0.25) is 0 Å². The number of hydrogen-bond acceptors (Lipinski definition) is 4. The van der Waals surface area contributed by atoms with E-state index in [1.54, 1.807) is 30.3 Å². The van der Waals surface area contributed by atoms with E-state index in [0.717, 1.165) is 7.05 Å². The van der Waals surface area contributed by atoms with Crippen molar-refractivity contribution in [3.05, 3.63) is 35.9 Å². The molecule has 9 heteroatoms. The topological polar surface area (TPSA) is 61.8 Å². The lowest BCUT2D eigenvalue weighted by molar-refractivity contribution is -0.325. The zero-order valence-electron chi connectivity index (χ0n) is 13.0. The summed E-state index contributed by atoms with van der Waals surface area (Å²) >= 11 is 4.93. The standard InChI is InChI=1S/C15H17F3N2O3S/c1-3-23-12(21)10-11(9-7-5-4-6-8-9)19-13(24)20(2)14(10,22)15(16,17)18/h4-8,10-11,22H,3H2,1-2H3,(H,19,24)/t10-,11+,14+/m0/s1. The first-order chi connectivity index (χ1) is 11.1. The zero-order chi connectivity index (χ0) is 18.1. The maximum Gasteiger partial charge on any atom is 0.437 e. The highest BCUT2D eigenvalue weighted by molar-refractivity contribution is 7.80. The maximum absolute atomic E-state index is 13.7. The Morgan fingerprint density at radius 1 is 1.42 bits per heavy atom. The molecule has 1 aromatic carbocycles. The van der Waals surface area contributed by atoms with Crippen molar-refractivity contribution in [1.29, 1.82) is 0 Å². The van der Waals surface area contributed by atoms with Gasteiger partial charge in [0.2, 0.25) is 0 Å². The fourth-order valence-electron chi connectivity index (χ4n) is 2.74. The molecule has 0 spiro atoms. The molecule has 0 radical (unpaired) electrons. The van der Waals surface area contributed by atoms with Crippen LogP contribution < -0.4 is 5.32 Å². The molecule has 1 heterocycles. The van der Waals surface area contributed by atoms with E-state index >= 15 is 0 Å². The smallest absolute Gasteiger partial charge is 0.437 e. The number of nitrogens with one attached hydrogen (secondary N) is 1. The van der Waals surface area contributed by atoms with Crippen molar-refractivity contribution in [3.8, 4) is 0 Å². The molecule has 0 aromatic heterocycles. The average Bonchev–Trinajstić information content (AvgIpc) is 2.52. The van der Waals surface area contributed by atoms with Crippen molar-refractivity contribution in [2.75, 3.05) is 13.7 Å². The van der Waals surface area contributed by atoms with Gasteiger partial charge < -0.3 is 20.1 Å². The van der Waals surface area contributed by atoms with Gasteiger partial charge in [-0.2, -0.15) is 13.2 Å². The zero-order valence-corrected chi connectivity index (χ0v) is 13.8. The molecule has 24 heavy (non-hydrogen) atoms. The van der Waals surface area contributed by atoms with Crippen LogP contribution in [0.15, 0.2) is 30.3 Å². The molecule has 3 atom stereocenters. The lowest BCUT2D eigenvalue weighted by Gasteiger charge is -2.50. The van der Waals surface area contributed by atoms with Crippen LogP contribution in [0.25, 0.3) is 0 Å². The van der Waals surface area contributed by atoms with Gasteiger partial charge in [-0.15, -0.1) is 0 Å². The van der Waals surface area contributed by atoms with Crippen LogP contribution in [0.4, 0.5) is 13.2 Å². The van der Waals surface area contributed by atoms with Crippen LogP contribution in [0.1, 0.15) is 18.5 Å². The van der Waals surface area contributed by atoms with Crippen LogP contribution in [0, 0.1) is 5.92 Å². The van der Waals surface area contributed by atoms with Gasteiger partial charge in [0.05, 0.1) is 12.6 Å². The van der Waals surface area contributed by atoms with Crippen molar-refractivity contribution < 1.29 is 27.8 Å². The van der Waals surface area contributed by atoms with Crippen LogP contribution in [-0.4, -0.2) is 46.6 Å².